The molecule has 0 radical (unpaired) electrons. The van der Waals surface area contributed by atoms with Crippen LogP contribution < -0.4 is 9.80 Å². The van der Waals surface area contributed by atoms with Crippen molar-refractivity contribution in [3.05, 3.63) is 94.3 Å². The molecule has 3 aromatic rings. The highest BCUT2D eigenvalue weighted by molar-refractivity contribution is 6.36. The van der Waals surface area contributed by atoms with Crippen LogP contribution in [0.4, 0.5) is 20.6 Å². The Morgan fingerprint density at radius 3 is 2.45 bits per heavy atom. The number of rotatable bonds is 7. The van der Waals surface area contributed by atoms with Crippen LogP contribution in [0.25, 0.3) is 0 Å². The van der Waals surface area contributed by atoms with Gasteiger partial charge >= 0.3 is 6.09 Å². The van der Waals surface area contributed by atoms with Crippen molar-refractivity contribution in [3.8, 4) is 0 Å². The number of aliphatic imine (C=N–C) groups is 1. The number of ether oxygens (including phenoxy) is 1. The Kier molecular flexibility index (Phi) is 8.17. The fraction of sp³-hybridized carbons (Fsp3) is 0.300. The maximum absolute atomic E-state index is 15.1. The lowest BCUT2D eigenvalue weighted by Gasteiger charge is -2.27. The van der Waals surface area contributed by atoms with Gasteiger partial charge < -0.3 is 9.64 Å². The van der Waals surface area contributed by atoms with E-state index in [1.165, 1.54) is 15.9 Å². The number of carbonyl (C=O) groups is 2. The van der Waals surface area contributed by atoms with E-state index in [1.54, 1.807) is 51.2 Å². The number of fused-ring (bicyclic) bond motifs is 1. The molecule has 0 spiro atoms. The van der Waals surface area contributed by atoms with Gasteiger partial charge in [0.2, 0.25) is 0 Å². The summed E-state index contributed by atoms with van der Waals surface area (Å²) in [6.07, 6.45) is 1.06. The highest BCUT2D eigenvalue weighted by Gasteiger charge is 2.38. The van der Waals surface area contributed by atoms with E-state index < -0.39 is 17.4 Å². The lowest BCUT2D eigenvalue weighted by Crippen LogP contribution is -2.41. The normalized spacial score (nSPS) is 14.4. The second-order valence-corrected chi connectivity index (χ2v) is 10.1. The van der Waals surface area contributed by atoms with E-state index in [1.807, 2.05) is 37.3 Å². The summed E-state index contributed by atoms with van der Waals surface area (Å²) in [5.41, 5.74) is 1.56. The first-order chi connectivity index (χ1) is 18.1. The number of carbonyl (C=O) groups excluding carboxylic acids is 2. The maximum Gasteiger partial charge on any atom is 0.414 e. The minimum Gasteiger partial charge on any atom is -0.444 e. The molecule has 1 aliphatic heterocycles. The van der Waals surface area contributed by atoms with Crippen molar-refractivity contribution in [1.29, 1.82) is 0 Å². The first-order valence-electron chi connectivity index (χ1n) is 12.6. The molecule has 38 heavy (non-hydrogen) atoms. The van der Waals surface area contributed by atoms with Crippen LogP contribution in [0.1, 0.15) is 50.3 Å². The van der Waals surface area contributed by atoms with Gasteiger partial charge in [-0.15, -0.1) is 0 Å². The standard InChI is InChI=1S/C30H31ClFN3O3/c1-5-6-16-35(29(37)38-19-20-12-8-7-9-13-20)21-17-23-26(22-14-10-11-15-25(22)32)33-30(2,3)28(36)34(4)27(23)24(31)18-21/h7-15,17-18H,5-6,16,19H2,1-4H3. The van der Waals surface area contributed by atoms with Crippen LogP contribution in [0.5, 0.6) is 0 Å². The van der Waals surface area contributed by atoms with Crippen LogP contribution in [0, 0.1) is 5.82 Å². The van der Waals surface area contributed by atoms with E-state index in [4.69, 9.17) is 21.3 Å². The first-order valence-corrected chi connectivity index (χ1v) is 13.0. The van der Waals surface area contributed by atoms with Crippen molar-refractivity contribution in [2.24, 2.45) is 4.99 Å². The van der Waals surface area contributed by atoms with Crippen molar-refractivity contribution < 1.29 is 18.7 Å². The maximum atomic E-state index is 15.1. The second kappa shape index (κ2) is 11.4. The topological polar surface area (TPSA) is 62.2 Å². The summed E-state index contributed by atoms with van der Waals surface area (Å²) >= 11 is 6.80. The predicted molar refractivity (Wildman–Crippen MR) is 150 cm³/mol. The van der Waals surface area contributed by atoms with Gasteiger partial charge in [0.15, 0.2) is 0 Å². The zero-order valence-electron chi connectivity index (χ0n) is 22.0. The van der Waals surface area contributed by atoms with Crippen molar-refractivity contribution in [2.75, 3.05) is 23.4 Å². The molecule has 0 saturated heterocycles. The van der Waals surface area contributed by atoms with Gasteiger partial charge in [-0.3, -0.25) is 14.7 Å². The number of anilines is 2. The number of benzodiazepines with no additional fused rings is 1. The quantitative estimate of drug-likeness (QED) is 0.327. The van der Waals surface area contributed by atoms with Gasteiger partial charge in [0, 0.05) is 30.4 Å². The van der Waals surface area contributed by atoms with E-state index in [-0.39, 0.29) is 28.8 Å². The molecule has 1 aliphatic rings. The van der Waals surface area contributed by atoms with Crippen molar-refractivity contribution >= 4 is 40.7 Å². The third-order valence-corrected chi connectivity index (χ3v) is 6.75. The fourth-order valence-corrected chi connectivity index (χ4v) is 4.80. The molecule has 0 saturated carbocycles. The molecule has 0 aromatic heterocycles. The van der Waals surface area contributed by atoms with Gasteiger partial charge in [0.05, 0.1) is 16.4 Å². The molecule has 0 atom stereocenters. The molecule has 0 fully saturated rings. The summed E-state index contributed by atoms with van der Waals surface area (Å²) < 4.78 is 20.7. The Morgan fingerprint density at radius 1 is 1.08 bits per heavy atom. The number of halogens is 2. The van der Waals surface area contributed by atoms with E-state index in [2.05, 4.69) is 0 Å². The molecule has 0 unspecified atom stereocenters. The van der Waals surface area contributed by atoms with E-state index in [0.717, 1.165) is 18.4 Å². The fourth-order valence-electron chi connectivity index (χ4n) is 4.46. The second-order valence-electron chi connectivity index (χ2n) is 9.73. The molecule has 3 aromatic carbocycles. The highest BCUT2D eigenvalue weighted by atomic mass is 35.5. The Balaban J connectivity index is 1.84. The van der Waals surface area contributed by atoms with E-state index >= 15 is 4.39 Å². The molecule has 4 rings (SSSR count). The highest BCUT2D eigenvalue weighted by Crippen LogP contribution is 2.40. The molecule has 0 bridgehead atoms. The van der Waals surface area contributed by atoms with Crippen molar-refractivity contribution in [2.45, 2.75) is 45.8 Å². The SMILES string of the molecule is CCCCN(C(=O)OCc1ccccc1)c1cc(Cl)c2c(c1)C(c1ccccc1F)=NC(C)(C)C(=O)N2C. The van der Waals surface area contributed by atoms with Crippen molar-refractivity contribution in [1.82, 2.24) is 0 Å². The summed E-state index contributed by atoms with van der Waals surface area (Å²) in [6, 6.07) is 19.1. The molecule has 198 valence electrons. The van der Waals surface area contributed by atoms with Crippen LogP contribution in [0.2, 0.25) is 5.02 Å². The molecule has 8 heteroatoms. The Bertz CT molecular complexity index is 1370. The minimum absolute atomic E-state index is 0.119. The third kappa shape index (κ3) is 5.58. The monoisotopic (exact) mass is 535 g/mol. The summed E-state index contributed by atoms with van der Waals surface area (Å²) in [5, 5.41) is 0.243. The number of likely N-dealkylation sites (N-methyl/N-ethyl adjacent to an activating group) is 1. The number of hydrogen-bond acceptors (Lipinski definition) is 4. The zero-order chi connectivity index (χ0) is 27.4. The third-order valence-electron chi connectivity index (χ3n) is 6.46. The van der Waals surface area contributed by atoms with Gasteiger partial charge in [0.1, 0.15) is 18.0 Å². The Hall–Kier alpha value is -3.71. The van der Waals surface area contributed by atoms with Crippen molar-refractivity contribution in [3.63, 3.8) is 0 Å². The Labute approximate surface area is 227 Å². The van der Waals surface area contributed by atoms with Crippen LogP contribution in [-0.2, 0) is 16.1 Å². The van der Waals surface area contributed by atoms with Crippen LogP contribution in [0.3, 0.4) is 0 Å². The molecule has 2 amide bonds. The smallest absolute Gasteiger partial charge is 0.414 e. The number of benzene rings is 3. The van der Waals surface area contributed by atoms with Gasteiger partial charge in [0.25, 0.3) is 5.91 Å². The van der Waals surface area contributed by atoms with Gasteiger partial charge in [-0.25, -0.2) is 9.18 Å². The lowest BCUT2D eigenvalue weighted by atomic mass is 9.98. The van der Waals surface area contributed by atoms with Crippen LogP contribution in [-0.4, -0.2) is 36.8 Å². The number of unbranched alkanes of at least 4 members (excludes halogenated alkanes) is 1. The molecule has 0 N–H and O–H groups in total. The number of hydrogen-bond donors (Lipinski definition) is 0. The van der Waals surface area contributed by atoms with E-state index in [9.17, 15) is 9.59 Å². The molecular formula is C30H31ClFN3O3. The number of nitrogens with zero attached hydrogens (tertiary/aromatic N) is 3. The molecule has 1 heterocycles. The summed E-state index contributed by atoms with van der Waals surface area (Å²) in [6.45, 7) is 5.91. The van der Waals surface area contributed by atoms with E-state index in [0.29, 0.717) is 23.5 Å². The lowest BCUT2D eigenvalue weighted by molar-refractivity contribution is -0.122. The number of amides is 2. The minimum atomic E-state index is -1.18. The van der Waals surface area contributed by atoms with Gasteiger partial charge in [-0.1, -0.05) is 67.4 Å². The average Bonchev–Trinajstić information content (AvgIpc) is 2.97. The Morgan fingerprint density at radius 2 is 1.76 bits per heavy atom. The van der Waals surface area contributed by atoms with Gasteiger partial charge in [-0.05, 0) is 50.1 Å². The first kappa shape index (κ1) is 27.3. The summed E-state index contributed by atoms with van der Waals surface area (Å²) in [4.78, 5) is 34.3. The summed E-state index contributed by atoms with van der Waals surface area (Å²) in [5.74, 6) is -0.763. The molecule has 6 nitrogen and oxygen atoms in total. The van der Waals surface area contributed by atoms with Gasteiger partial charge in [-0.2, -0.15) is 0 Å². The predicted octanol–water partition coefficient (Wildman–Crippen LogP) is 7.01. The average molecular weight is 536 g/mol. The largest absolute Gasteiger partial charge is 0.444 e. The zero-order valence-corrected chi connectivity index (χ0v) is 22.8. The summed E-state index contributed by atoms with van der Waals surface area (Å²) in [7, 11) is 1.62. The molecule has 0 aliphatic carbocycles. The van der Waals surface area contributed by atoms with Crippen LogP contribution in [0.15, 0.2) is 71.7 Å². The van der Waals surface area contributed by atoms with Crippen LogP contribution >= 0.6 is 11.6 Å². The molecular weight excluding hydrogens is 505 g/mol.